The predicted molar refractivity (Wildman–Crippen MR) is 59.4 cm³/mol. The number of carbonyl (C=O) groups excluding carboxylic acids is 1. The van der Waals surface area contributed by atoms with Gasteiger partial charge in [0.15, 0.2) is 0 Å². The molecular formula is C9H15N3O2S. The molecule has 0 amide bonds. The molecule has 0 spiro atoms. The Kier molecular flexibility index (Phi) is 4.64. The van der Waals surface area contributed by atoms with Gasteiger partial charge in [-0.1, -0.05) is 0 Å². The summed E-state index contributed by atoms with van der Waals surface area (Å²) in [5, 5.41) is 0. The van der Waals surface area contributed by atoms with Crippen LogP contribution < -0.4 is 5.73 Å². The summed E-state index contributed by atoms with van der Waals surface area (Å²) in [5.41, 5.74) is 6.70. The predicted octanol–water partition coefficient (Wildman–Crippen LogP) is 0.154. The van der Waals surface area contributed by atoms with Gasteiger partial charge in [-0.15, -0.1) is 0 Å². The van der Waals surface area contributed by atoms with Gasteiger partial charge in [-0.3, -0.25) is 4.79 Å². The summed E-state index contributed by atoms with van der Waals surface area (Å²) in [6.07, 6.45) is 3.55. The molecule has 0 aliphatic rings. The van der Waals surface area contributed by atoms with Crippen LogP contribution in [0.15, 0.2) is 12.5 Å². The van der Waals surface area contributed by atoms with E-state index in [4.69, 9.17) is 5.73 Å². The molecule has 0 bridgehead atoms. The number of thioether (sulfide) groups is 1. The molecule has 1 aromatic rings. The number of aryl methyl sites for hydroxylation is 1. The normalized spacial score (nSPS) is 12.5. The quantitative estimate of drug-likeness (QED) is 0.728. The number of methoxy groups -OCH3 is 1. The van der Waals surface area contributed by atoms with Gasteiger partial charge in [-0.25, -0.2) is 4.98 Å². The third kappa shape index (κ3) is 3.56. The zero-order valence-corrected chi connectivity index (χ0v) is 9.66. The molecule has 15 heavy (non-hydrogen) atoms. The summed E-state index contributed by atoms with van der Waals surface area (Å²) in [5.74, 6) is 0.978. The Morgan fingerprint density at radius 3 is 3.07 bits per heavy atom. The van der Waals surface area contributed by atoms with Crippen LogP contribution in [-0.4, -0.2) is 34.4 Å². The second kappa shape index (κ2) is 5.77. The lowest BCUT2D eigenvalue weighted by molar-refractivity contribution is -0.141. The van der Waals surface area contributed by atoms with Gasteiger partial charge in [0.25, 0.3) is 0 Å². The van der Waals surface area contributed by atoms with E-state index in [1.54, 1.807) is 24.3 Å². The second-order valence-electron chi connectivity index (χ2n) is 3.14. The zero-order chi connectivity index (χ0) is 11.3. The lowest BCUT2D eigenvalue weighted by Crippen LogP contribution is -2.33. The monoisotopic (exact) mass is 229 g/mol. The van der Waals surface area contributed by atoms with Crippen molar-refractivity contribution in [1.82, 2.24) is 9.55 Å². The number of hydrogen-bond acceptors (Lipinski definition) is 5. The fraction of sp³-hybridized carbons (Fsp3) is 0.556. The lowest BCUT2D eigenvalue weighted by Gasteiger charge is -2.08. The Bertz CT molecular complexity index is 327. The molecule has 1 aromatic heterocycles. The van der Waals surface area contributed by atoms with Crippen LogP contribution in [0, 0.1) is 0 Å². The maximum Gasteiger partial charge on any atom is 0.323 e. The number of rotatable bonds is 5. The summed E-state index contributed by atoms with van der Waals surface area (Å²) in [6.45, 7) is 0. The van der Waals surface area contributed by atoms with Crippen molar-refractivity contribution < 1.29 is 9.53 Å². The number of aromatic nitrogens is 2. The standard InChI is InChI=1S/C9H15N3O2S/c1-12-6-11-3-7(12)4-15-5-8(10)9(13)14-2/h3,6,8H,4-5,10H2,1-2H3. The van der Waals surface area contributed by atoms with E-state index in [0.29, 0.717) is 5.75 Å². The van der Waals surface area contributed by atoms with Crippen molar-refractivity contribution in [2.24, 2.45) is 12.8 Å². The Labute approximate surface area is 93.0 Å². The SMILES string of the molecule is COC(=O)C(N)CSCc1cncn1C. The topological polar surface area (TPSA) is 70.1 Å². The third-order valence-electron chi connectivity index (χ3n) is 1.97. The van der Waals surface area contributed by atoms with E-state index in [9.17, 15) is 4.79 Å². The molecule has 84 valence electrons. The van der Waals surface area contributed by atoms with E-state index in [-0.39, 0.29) is 5.97 Å². The van der Waals surface area contributed by atoms with E-state index in [2.05, 4.69) is 9.72 Å². The maximum absolute atomic E-state index is 11.0. The first kappa shape index (κ1) is 12.1. The fourth-order valence-electron chi connectivity index (χ4n) is 1.03. The number of nitrogens with zero attached hydrogens (tertiary/aromatic N) is 2. The summed E-state index contributed by atoms with van der Waals surface area (Å²) in [6, 6.07) is -0.548. The first-order valence-corrected chi connectivity index (χ1v) is 5.67. The molecule has 0 aliphatic carbocycles. The van der Waals surface area contributed by atoms with Crippen LogP contribution in [0.25, 0.3) is 0 Å². The third-order valence-corrected chi connectivity index (χ3v) is 3.06. The first-order valence-electron chi connectivity index (χ1n) is 4.51. The zero-order valence-electron chi connectivity index (χ0n) is 8.84. The molecule has 0 fully saturated rings. The Morgan fingerprint density at radius 2 is 2.53 bits per heavy atom. The van der Waals surface area contributed by atoms with Gasteiger partial charge in [0, 0.05) is 30.4 Å². The maximum atomic E-state index is 11.0. The molecule has 2 N–H and O–H groups in total. The van der Waals surface area contributed by atoms with Gasteiger partial charge in [0.1, 0.15) is 6.04 Å². The molecule has 1 rings (SSSR count). The van der Waals surface area contributed by atoms with Crippen molar-refractivity contribution in [2.75, 3.05) is 12.9 Å². The van der Waals surface area contributed by atoms with Crippen LogP contribution in [0.2, 0.25) is 0 Å². The molecule has 0 saturated carbocycles. The molecule has 6 heteroatoms. The van der Waals surface area contributed by atoms with Crippen LogP contribution in [0.1, 0.15) is 5.69 Å². The Hall–Kier alpha value is -1.01. The smallest absolute Gasteiger partial charge is 0.323 e. The van der Waals surface area contributed by atoms with E-state index in [1.807, 2.05) is 11.6 Å². The largest absolute Gasteiger partial charge is 0.468 e. The van der Waals surface area contributed by atoms with Gasteiger partial charge in [0.05, 0.1) is 13.4 Å². The van der Waals surface area contributed by atoms with E-state index < -0.39 is 6.04 Å². The molecule has 5 nitrogen and oxygen atoms in total. The minimum Gasteiger partial charge on any atom is -0.468 e. The molecule has 0 saturated heterocycles. The van der Waals surface area contributed by atoms with Gasteiger partial charge in [-0.2, -0.15) is 11.8 Å². The summed E-state index contributed by atoms with van der Waals surface area (Å²) in [7, 11) is 3.27. The minimum absolute atomic E-state index is 0.368. The second-order valence-corrected chi connectivity index (χ2v) is 4.17. The molecule has 0 aliphatic heterocycles. The van der Waals surface area contributed by atoms with Crippen molar-refractivity contribution in [1.29, 1.82) is 0 Å². The number of esters is 1. The van der Waals surface area contributed by atoms with E-state index >= 15 is 0 Å². The van der Waals surface area contributed by atoms with E-state index in [0.717, 1.165) is 11.4 Å². The average molecular weight is 229 g/mol. The Balaban J connectivity index is 2.28. The highest BCUT2D eigenvalue weighted by atomic mass is 32.2. The van der Waals surface area contributed by atoms with Crippen LogP contribution in [0.5, 0.6) is 0 Å². The number of ether oxygens (including phenoxy) is 1. The summed E-state index contributed by atoms with van der Waals surface area (Å²) in [4.78, 5) is 15.0. The summed E-state index contributed by atoms with van der Waals surface area (Å²) >= 11 is 1.59. The average Bonchev–Trinajstić information content (AvgIpc) is 2.63. The molecule has 0 radical (unpaired) electrons. The van der Waals surface area contributed by atoms with Crippen molar-refractivity contribution in [2.45, 2.75) is 11.8 Å². The van der Waals surface area contributed by atoms with Gasteiger partial charge in [-0.05, 0) is 0 Å². The number of hydrogen-bond donors (Lipinski definition) is 1. The van der Waals surface area contributed by atoms with Crippen molar-refractivity contribution in [3.63, 3.8) is 0 Å². The number of carbonyl (C=O) groups is 1. The number of nitrogens with two attached hydrogens (primary N) is 1. The molecule has 0 aromatic carbocycles. The van der Waals surface area contributed by atoms with Crippen molar-refractivity contribution >= 4 is 17.7 Å². The summed E-state index contributed by atoms with van der Waals surface area (Å²) < 4.78 is 6.47. The van der Waals surface area contributed by atoms with Crippen LogP contribution in [0.4, 0.5) is 0 Å². The number of imidazole rings is 1. The molecule has 1 heterocycles. The molecule has 1 unspecified atom stereocenters. The van der Waals surface area contributed by atoms with Crippen molar-refractivity contribution in [3.05, 3.63) is 18.2 Å². The van der Waals surface area contributed by atoms with Crippen molar-refractivity contribution in [3.8, 4) is 0 Å². The van der Waals surface area contributed by atoms with Crippen LogP contribution >= 0.6 is 11.8 Å². The highest BCUT2D eigenvalue weighted by Crippen LogP contribution is 2.11. The van der Waals surface area contributed by atoms with Crippen LogP contribution in [0.3, 0.4) is 0 Å². The first-order chi connectivity index (χ1) is 7.15. The van der Waals surface area contributed by atoms with Gasteiger partial charge < -0.3 is 15.0 Å². The Morgan fingerprint density at radius 1 is 1.80 bits per heavy atom. The molecule has 1 atom stereocenters. The molecular weight excluding hydrogens is 214 g/mol. The highest BCUT2D eigenvalue weighted by Gasteiger charge is 2.13. The highest BCUT2D eigenvalue weighted by molar-refractivity contribution is 7.98. The van der Waals surface area contributed by atoms with Gasteiger partial charge in [0.2, 0.25) is 0 Å². The lowest BCUT2D eigenvalue weighted by atomic mass is 10.4. The minimum atomic E-state index is -0.548. The van der Waals surface area contributed by atoms with E-state index in [1.165, 1.54) is 7.11 Å². The fourth-order valence-corrected chi connectivity index (χ4v) is 2.03. The van der Waals surface area contributed by atoms with Gasteiger partial charge >= 0.3 is 5.97 Å². The van der Waals surface area contributed by atoms with Crippen LogP contribution in [-0.2, 0) is 22.3 Å².